The molecular weight excluding hydrogens is 424 g/mol. The molecule has 0 saturated heterocycles. The summed E-state index contributed by atoms with van der Waals surface area (Å²) in [4.78, 5) is 8.63. The molecule has 3 rings (SSSR count). The van der Waals surface area contributed by atoms with Gasteiger partial charge in [0.05, 0.1) is 11.3 Å². The monoisotopic (exact) mass is 439 g/mol. The molecule has 4 nitrogen and oxygen atoms in total. The SMILES string of the molecule is [NH-]Cc1cc(-c2ccc(C(F)(F)F)cc2)nc(NCCc2ccc(Cl)cc2Cl)n1. The van der Waals surface area contributed by atoms with Crippen LogP contribution in [-0.4, -0.2) is 16.5 Å². The fraction of sp³-hybridized carbons (Fsp3) is 0.200. The molecule has 3 aromatic rings. The Morgan fingerprint density at radius 2 is 1.69 bits per heavy atom. The Morgan fingerprint density at radius 1 is 0.966 bits per heavy atom. The first-order valence-electron chi connectivity index (χ1n) is 8.64. The van der Waals surface area contributed by atoms with Gasteiger partial charge in [-0.15, -0.1) is 6.54 Å². The summed E-state index contributed by atoms with van der Waals surface area (Å²) in [6.45, 7) is 0.406. The van der Waals surface area contributed by atoms with Gasteiger partial charge in [-0.1, -0.05) is 41.4 Å². The quantitative estimate of drug-likeness (QED) is 0.465. The number of benzene rings is 2. The highest BCUT2D eigenvalue weighted by Gasteiger charge is 2.30. The predicted octanol–water partition coefficient (Wildman–Crippen LogP) is 6.68. The molecule has 0 aliphatic carbocycles. The van der Waals surface area contributed by atoms with Crippen molar-refractivity contribution in [3.05, 3.63) is 81.1 Å². The summed E-state index contributed by atoms with van der Waals surface area (Å²) in [5.41, 5.74) is 9.18. The molecule has 0 amide bonds. The fourth-order valence-corrected chi connectivity index (χ4v) is 3.18. The molecule has 29 heavy (non-hydrogen) atoms. The van der Waals surface area contributed by atoms with Gasteiger partial charge in [-0.3, -0.25) is 0 Å². The van der Waals surface area contributed by atoms with E-state index in [9.17, 15) is 13.2 Å². The second kappa shape index (κ2) is 8.98. The van der Waals surface area contributed by atoms with Gasteiger partial charge < -0.3 is 11.1 Å². The maximum Gasteiger partial charge on any atom is 0.416 e. The zero-order valence-electron chi connectivity index (χ0n) is 15.0. The molecule has 0 radical (unpaired) electrons. The molecule has 0 atom stereocenters. The van der Waals surface area contributed by atoms with E-state index in [1.54, 1.807) is 18.2 Å². The summed E-state index contributed by atoms with van der Waals surface area (Å²) in [7, 11) is 0. The molecule has 0 bridgehead atoms. The van der Waals surface area contributed by atoms with E-state index in [1.807, 2.05) is 6.07 Å². The Morgan fingerprint density at radius 3 is 2.31 bits per heavy atom. The number of halogens is 5. The van der Waals surface area contributed by atoms with Crippen molar-refractivity contribution in [2.75, 3.05) is 11.9 Å². The van der Waals surface area contributed by atoms with Gasteiger partial charge in [-0.05, 0) is 42.3 Å². The second-order valence-corrected chi connectivity index (χ2v) is 7.08. The van der Waals surface area contributed by atoms with E-state index in [1.165, 1.54) is 12.1 Å². The van der Waals surface area contributed by atoms with Gasteiger partial charge in [0.2, 0.25) is 5.95 Å². The molecule has 9 heteroatoms. The Labute approximate surface area is 175 Å². The van der Waals surface area contributed by atoms with Gasteiger partial charge in [0.1, 0.15) is 0 Å². The second-order valence-electron chi connectivity index (χ2n) is 6.23. The van der Waals surface area contributed by atoms with Crippen LogP contribution < -0.4 is 5.32 Å². The third-order valence-electron chi connectivity index (χ3n) is 4.16. The Hall–Kier alpha value is -2.35. The lowest BCUT2D eigenvalue weighted by atomic mass is 10.1. The number of nitrogens with zero attached hydrogens (tertiary/aromatic N) is 2. The third-order valence-corrected chi connectivity index (χ3v) is 4.75. The number of hydrogen-bond acceptors (Lipinski definition) is 3. The van der Waals surface area contributed by atoms with Gasteiger partial charge in [-0.25, -0.2) is 9.97 Å². The lowest BCUT2D eigenvalue weighted by Gasteiger charge is -2.12. The minimum absolute atomic E-state index is 0.0755. The normalized spacial score (nSPS) is 11.5. The molecule has 0 unspecified atom stereocenters. The van der Waals surface area contributed by atoms with Crippen LogP contribution in [0.1, 0.15) is 16.8 Å². The average molecular weight is 440 g/mol. The standard InChI is InChI=1S/C20H16Cl2F3N4/c21-15-6-3-12(17(22)9-15)7-8-27-19-28-16(11-26)10-18(29-19)13-1-4-14(5-2-13)20(23,24)25/h1-6,9-10,26H,7-8,11H2,(H,27,28,29)/q-1. The van der Waals surface area contributed by atoms with Crippen molar-refractivity contribution in [2.24, 2.45) is 0 Å². The maximum atomic E-state index is 12.8. The summed E-state index contributed by atoms with van der Waals surface area (Å²) >= 11 is 12.1. The molecule has 0 fully saturated rings. The molecule has 0 saturated carbocycles. The molecule has 1 aromatic heterocycles. The zero-order valence-corrected chi connectivity index (χ0v) is 16.5. The van der Waals surface area contributed by atoms with Gasteiger partial charge >= 0.3 is 6.18 Å². The van der Waals surface area contributed by atoms with Crippen LogP contribution in [0.15, 0.2) is 48.5 Å². The van der Waals surface area contributed by atoms with E-state index < -0.39 is 11.7 Å². The van der Waals surface area contributed by atoms with Crippen molar-refractivity contribution in [2.45, 2.75) is 19.1 Å². The smallest absolute Gasteiger partial charge is 0.416 e. The highest BCUT2D eigenvalue weighted by Crippen LogP contribution is 2.31. The van der Waals surface area contributed by atoms with Gasteiger partial charge in [0, 0.05) is 27.8 Å². The van der Waals surface area contributed by atoms with Crippen molar-refractivity contribution < 1.29 is 13.2 Å². The average Bonchev–Trinajstić information content (AvgIpc) is 2.69. The third kappa shape index (κ3) is 5.59. The predicted molar refractivity (Wildman–Crippen MR) is 109 cm³/mol. The van der Waals surface area contributed by atoms with Crippen molar-refractivity contribution in [1.82, 2.24) is 9.97 Å². The number of nitrogens with one attached hydrogen (secondary N) is 2. The molecule has 0 aliphatic heterocycles. The molecular formula is C20H16Cl2F3N4-. The summed E-state index contributed by atoms with van der Waals surface area (Å²) in [5.74, 6) is 0.301. The number of aromatic nitrogens is 2. The lowest BCUT2D eigenvalue weighted by Crippen LogP contribution is -2.10. The van der Waals surface area contributed by atoms with Gasteiger partial charge in [0.15, 0.2) is 0 Å². The first-order valence-corrected chi connectivity index (χ1v) is 9.40. The maximum absolute atomic E-state index is 12.8. The first-order chi connectivity index (χ1) is 13.8. The fourth-order valence-electron chi connectivity index (χ4n) is 2.68. The Balaban J connectivity index is 1.76. The van der Waals surface area contributed by atoms with Crippen LogP contribution in [0, 0.1) is 0 Å². The van der Waals surface area contributed by atoms with Crippen LogP contribution >= 0.6 is 23.2 Å². The molecule has 2 N–H and O–H groups in total. The molecule has 2 aromatic carbocycles. The molecule has 1 heterocycles. The van der Waals surface area contributed by atoms with Crippen molar-refractivity contribution in [3.63, 3.8) is 0 Å². The molecule has 0 aliphatic rings. The van der Waals surface area contributed by atoms with E-state index in [2.05, 4.69) is 15.3 Å². The van der Waals surface area contributed by atoms with Gasteiger partial charge in [0.25, 0.3) is 0 Å². The van der Waals surface area contributed by atoms with E-state index in [0.717, 1.165) is 17.7 Å². The Kier molecular flexibility index (Phi) is 6.62. The number of rotatable bonds is 6. The first kappa shape index (κ1) is 21.4. The van der Waals surface area contributed by atoms with E-state index >= 15 is 0 Å². The van der Waals surface area contributed by atoms with Crippen molar-refractivity contribution in [3.8, 4) is 11.3 Å². The minimum atomic E-state index is -4.40. The summed E-state index contributed by atoms with van der Waals surface area (Å²) in [6.07, 6.45) is -3.80. The highest BCUT2D eigenvalue weighted by molar-refractivity contribution is 6.35. The largest absolute Gasteiger partial charge is 0.672 e. The summed E-state index contributed by atoms with van der Waals surface area (Å²) in [5, 5.41) is 4.19. The van der Waals surface area contributed by atoms with E-state index in [0.29, 0.717) is 45.9 Å². The van der Waals surface area contributed by atoms with Gasteiger partial charge in [-0.2, -0.15) is 13.2 Å². The molecule has 152 valence electrons. The van der Waals surface area contributed by atoms with E-state index in [4.69, 9.17) is 28.9 Å². The minimum Gasteiger partial charge on any atom is -0.672 e. The lowest BCUT2D eigenvalue weighted by molar-refractivity contribution is -0.137. The number of anilines is 1. The molecule has 0 spiro atoms. The summed E-state index contributed by atoms with van der Waals surface area (Å²) in [6, 6.07) is 11.6. The number of hydrogen-bond donors (Lipinski definition) is 1. The van der Waals surface area contributed by atoms with Crippen LogP contribution in [0.4, 0.5) is 19.1 Å². The topological polar surface area (TPSA) is 61.6 Å². The van der Waals surface area contributed by atoms with Crippen LogP contribution in [-0.2, 0) is 19.1 Å². The van der Waals surface area contributed by atoms with Crippen LogP contribution in [0.5, 0.6) is 0 Å². The van der Waals surface area contributed by atoms with Crippen molar-refractivity contribution in [1.29, 1.82) is 0 Å². The van der Waals surface area contributed by atoms with Crippen LogP contribution in [0.3, 0.4) is 0 Å². The zero-order chi connectivity index (χ0) is 21.0. The van der Waals surface area contributed by atoms with Crippen LogP contribution in [0.25, 0.3) is 17.0 Å². The Bertz CT molecular complexity index is 992. The van der Waals surface area contributed by atoms with Crippen LogP contribution in [0.2, 0.25) is 10.0 Å². The highest BCUT2D eigenvalue weighted by atomic mass is 35.5. The van der Waals surface area contributed by atoms with E-state index in [-0.39, 0.29) is 6.54 Å². The summed E-state index contributed by atoms with van der Waals surface area (Å²) < 4.78 is 38.3. The van der Waals surface area contributed by atoms with Crippen molar-refractivity contribution >= 4 is 29.2 Å². The number of alkyl halides is 3.